The van der Waals surface area contributed by atoms with Crippen molar-refractivity contribution in [2.75, 3.05) is 6.61 Å². The van der Waals surface area contributed by atoms with Crippen molar-refractivity contribution < 1.29 is 4.74 Å². The zero-order valence-corrected chi connectivity index (χ0v) is 10.5. The molecule has 2 rings (SSSR count). The number of hydrogen-bond acceptors (Lipinski definition) is 3. The quantitative estimate of drug-likeness (QED) is 0.780. The van der Waals surface area contributed by atoms with E-state index in [1.165, 1.54) is 5.56 Å². The third-order valence-electron chi connectivity index (χ3n) is 2.27. The lowest BCUT2D eigenvalue weighted by atomic mass is 10.1. The van der Waals surface area contributed by atoms with Crippen LogP contribution in [-0.4, -0.2) is 16.6 Å². The third-order valence-corrected chi connectivity index (χ3v) is 2.47. The highest BCUT2D eigenvalue weighted by molar-refractivity contribution is 6.29. The Labute approximate surface area is 105 Å². The average molecular weight is 249 g/mol. The van der Waals surface area contributed by atoms with Gasteiger partial charge in [0, 0.05) is 11.6 Å². The Balaban J connectivity index is 2.40. The number of aromatic nitrogens is 2. The van der Waals surface area contributed by atoms with Crippen molar-refractivity contribution in [3.63, 3.8) is 0 Å². The summed E-state index contributed by atoms with van der Waals surface area (Å²) in [5, 5.41) is 0.388. The Morgan fingerprint density at radius 1 is 1.18 bits per heavy atom. The highest BCUT2D eigenvalue weighted by atomic mass is 35.5. The smallest absolute Gasteiger partial charge is 0.218 e. The molecule has 0 bridgehead atoms. The van der Waals surface area contributed by atoms with Crippen LogP contribution in [0.4, 0.5) is 0 Å². The van der Waals surface area contributed by atoms with Gasteiger partial charge in [-0.15, -0.1) is 0 Å². The maximum atomic E-state index is 5.94. The first-order valence-electron chi connectivity index (χ1n) is 5.43. The van der Waals surface area contributed by atoms with E-state index in [4.69, 9.17) is 16.3 Å². The van der Waals surface area contributed by atoms with E-state index in [2.05, 4.69) is 9.97 Å². The maximum Gasteiger partial charge on any atom is 0.218 e. The van der Waals surface area contributed by atoms with E-state index < -0.39 is 0 Å². The average Bonchev–Trinajstić information content (AvgIpc) is 2.29. The van der Waals surface area contributed by atoms with Crippen LogP contribution >= 0.6 is 11.6 Å². The Hall–Kier alpha value is -1.61. The Bertz CT molecular complexity index is 511. The van der Waals surface area contributed by atoms with Crippen LogP contribution in [0.3, 0.4) is 0 Å². The van der Waals surface area contributed by atoms with Gasteiger partial charge in [0.2, 0.25) is 5.88 Å². The summed E-state index contributed by atoms with van der Waals surface area (Å²) in [7, 11) is 0. The first-order valence-corrected chi connectivity index (χ1v) is 5.81. The second kappa shape index (κ2) is 5.15. The normalized spacial score (nSPS) is 10.3. The number of rotatable bonds is 3. The second-order valence-corrected chi connectivity index (χ2v) is 4.04. The standard InChI is InChI=1S/C13H13ClN2O/c1-3-17-12-8-11(14)15-13(16-12)10-6-4-9(2)5-7-10/h4-8H,3H2,1-2H3. The van der Waals surface area contributed by atoms with Gasteiger partial charge in [-0.25, -0.2) is 4.98 Å². The monoisotopic (exact) mass is 248 g/mol. The van der Waals surface area contributed by atoms with E-state index in [0.29, 0.717) is 23.5 Å². The molecule has 1 heterocycles. The predicted octanol–water partition coefficient (Wildman–Crippen LogP) is 3.50. The predicted molar refractivity (Wildman–Crippen MR) is 68.4 cm³/mol. The van der Waals surface area contributed by atoms with Crippen LogP contribution in [0.1, 0.15) is 12.5 Å². The van der Waals surface area contributed by atoms with Gasteiger partial charge >= 0.3 is 0 Å². The van der Waals surface area contributed by atoms with Crippen LogP contribution in [0.5, 0.6) is 5.88 Å². The highest BCUT2D eigenvalue weighted by Crippen LogP contribution is 2.21. The van der Waals surface area contributed by atoms with Crippen molar-refractivity contribution in [1.82, 2.24) is 9.97 Å². The summed E-state index contributed by atoms with van der Waals surface area (Å²) in [6, 6.07) is 9.58. The van der Waals surface area contributed by atoms with Crippen molar-refractivity contribution in [1.29, 1.82) is 0 Å². The summed E-state index contributed by atoms with van der Waals surface area (Å²) in [5.74, 6) is 1.09. The fourth-order valence-electron chi connectivity index (χ4n) is 1.45. The van der Waals surface area contributed by atoms with Gasteiger partial charge in [0.15, 0.2) is 5.82 Å². The topological polar surface area (TPSA) is 35.0 Å². The molecule has 0 fully saturated rings. The second-order valence-electron chi connectivity index (χ2n) is 3.65. The van der Waals surface area contributed by atoms with Gasteiger partial charge in [-0.05, 0) is 13.8 Å². The van der Waals surface area contributed by atoms with E-state index in [0.717, 1.165) is 5.56 Å². The van der Waals surface area contributed by atoms with E-state index in [-0.39, 0.29) is 0 Å². The van der Waals surface area contributed by atoms with Gasteiger partial charge in [0.25, 0.3) is 0 Å². The van der Waals surface area contributed by atoms with Gasteiger partial charge < -0.3 is 4.74 Å². The first-order chi connectivity index (χ1) is 8.19. The molecule has 0 atom stereocenters. The van der Waals surface area contributed by atoms with E-state index in [9.17, 15) is 0 Å². The van der Waals surface area contributed by atoms with E-state index >= 15 is 0 Å². The largest absolute Gasteiger partial charge is 0.478 e. The molecule has 4 heteroatoms. The molecule has 0 aliphatic heterocycles. The molecule has 0 N–H and O–H groups in total. The van der Waals surface area contributed by atoms with Crippen LogP contribution in [0.2, 0.25) is 5.15 Å². The van der Waals surface area contributed by atoms with Gasteiger partial charge in [0.05, 0.1) is 6.61 Å². The van der Waals surface area contributed by atoms with Gasteiger partial charge in [-0.2, -0.15) is 4.98 Å². The molecule has 1 aromatic carbocycles. The molecule has 0 radical (unpaired) electrons. The molecule has 0 saturated heterocycles. The summed E-state index contributed by atoms with van der Waals surface area (Å²) < 4.78 is 5.34. The van der Waals surface area contributed by atoms with E-state index in [1.807, 2.05) is 38.1 Å². The molecule has 17 heavy (non-hydrogen) atoms. The van der Waals surface area contributed by atoms with Crippen LogP contribution in [0.25, 0.3) is 11.4 Å². The Morgan fingerprint density at radius 2 is 1.88 bits per heavy atom. The molecule has 2 aromatic rings. The lowest BCUT2D eigenvalue weighted by Gasteiger charge is -2.05. The SMILES string of the molecule is CCOc1cc(Cl)nc(-c2ccc(C)cc2)n1. The van der Waals surface area contributed by atoms with Crippen molar-refractivity contribution in [2.24, 2.45) is 0 Å². The lowest BCUT2D eigenvalue weighted by Crippen LogP contribution is -1.97. The molecular weight excluding hydrogens is 236 g/mol. The molecule has 3 nitrogen and oxygen atoms in total. The van der Waals surface area contributed by atoms with Crippen LogP contribution < -0.4 is 4.74 Å². The number of benzene rings is 1. The van der Waals surface area contributed by atoms with Gasteiger partial charge in [0.1, 0.15) is 5.15 Å². The minimum atomic E-state index is 0.388. The summed E-state index contributed by atoms with van der Waals surface area (Å²) in [6.45, 7) is 4.50. The molecule has 0 saturated carbocycles. The lowest BCUT2D eigenvalue weighted by molar-refractivity contribution is 0.326. The van der Waals surface area contributed by atoms with Gasteiger partial charge in [-0.3, -0.25) is 0 Å². The maximum absolute atomic E-state index is 5.94. The Morgan fingerprint density at radius 3 is 2.53 bits per heavy atom. The van der Waals surface area contributed by atoms with Crippen LogP contribution in [0, 0.1) is 6.92 Å². The molecule has 0 unspecified atom stereocenters. The molecular formula is C13H13ClN2O. The molecule has 88 valence electrons. The number of hydrogen-bond donors (Lipinski definition) is 0. The van der Waals surface area contributed by atoms with Crippen LogP contribution in [-0.2, 0) is 0 Å². The van der Waals surface area contributed by atoms with Crippen LogP contribution in [0.15, 0.2) is 30.3 Å². The summed E-state index contributed by atoms with van der Waals surface area (Å²) >= 11 is 5.94. The number of aryl methyl sites for hydroxylation is 1. The first kappa shape index (κ1) is 11.9. The third kappa shape index (κ3) is 2.94. The summed E-state index contributed by atoms with van der Waals surface area (Å²) in [4.78, 5) is 8.50. The molecule has 1 aromatic heterocycles. The number of halogens is 1. The van der Waals surface area contributed by atoms with Crippen molar-refractivity contribution in [3.05, 3.63) is 41.0 Å². The summed E-state index contributed by atoms with van der Waals surface area (Å²) in [5.41, 5.74) is 2.12. The minimum Gasteiger partial charge on any atom is -0.478 e. The van der Waals surface area contributed by atoms with E-state index in [1.54, 1.807) is 6.07 Å². The van der Waals surface area contributed by atoms with Crippen molar-refractivity contribution in [3.8, 4) is 17.3 Å². The zero-order valence-electron chi connectivity index (χ0n) is 9.77. The zero-order chi connectivity index (χ0) is 12.3. The molecule has 0 aliphatic carbocycles. The Kier molecular flexibility index (Phi) is 3.59. The molecule has 0 amide bonds. The number of nitrogens with zero attached hydrogens (tertiary/aromatic N) is 2. The fraction of sp³-hybridized carbons (Fsp3) is 0.231. The minimum absolute atomic E-state index is 0.388. The highest BCUT2D eigenvalue weighted by Gasteiger charge is 2.06. The van der Waals surface area contributed by atoms with Gasteiger partial charge in [-0.1, -0.05) is 41.4 Å². The fourth-order valence-corrected chi connectivity index (χ4v) is 1.62. The van der Waals surface area contributed by atoms with Crippen molar-refractivity contribution in [2.45, 2.75) is 13.8 Å². The number of ether oxygens (including phenoxy) is 1. The summed E-state index contributed by atoms with van der Waals surface area (Å²) in [6.07, 6.45) is 0. The molecule has 0 aliphatic rings. The molecule has 0 spiro atoms. The van der Waals surface area contributed by atoms with Crippen molar-refractivity contribution >= 4 is 11.6 Å².